The molecule has 1 saturated heterocycles. The highest BCUT2D eigenvalue weighted by Gasteiger charge is 2.52. The van der Waals surface area contributed by atoms with E-state index < -0.39 is 0 Å². The maximum atomic E-state index is 11.5. The average molecular weight is 167 g/mol. The molecular formula is C10H17NO. The van der Waals surface area contributed by atoms with Crippen LogP contribution in [0.25, 0.3) is 0 Å². The molecule has 2 heteroatoms. The Morgan fingerprint density at radius 1 is 1.42 bits per heavy atom. The highest BCUT2D eigenvalue weighted by Crippen LogP contribution is 2.46. The van der Waals surface area contributed by atoms with Crippen LogP contribution in [-0.2, 0) is 4.79 Å². The molecule has 0 aromatic rings. The van der Waals surface area contributed by atoms with E-state index in [1.54, 1.807) is 0 Å². The smallest absolute Gasteiger partial charge is 0.226 e. The highest BCUT2D eigenvalue weighted by atomic mass is 16.2. The van der Waals surface area contributed by atoms with Crippen molar-refractivity contribution in [1.29, 1.82) is 0 Å². The molecular weight excluding hydrogens is 150 g/mol. The van der Waals surface area contributed by atoms with Crippen molar-refractivity contribution in [3.63, 3.8) is 0 Å². The van der Waals surface area contributed by atoms with Crippen molar-refractivity contribution in [3.8, 4) is 0 Å². The first-order valence-electron chi connectivity index (χ1n) is 4.84. The third kappa shape index (κ3) is 0.838. The molecule has 1 amide bonds. The van der Waals surface area contributed by atoms with Crippen LogP contribution in [0.15, 0.2) is 0 Å². The van der Waals surface area contributed by atoms with Gasteiger partial charge in [0, 0.05) is 11.5 Å². The molecule has 0 spiro atoms. The van der Waals surface area contributed by atoms with Gasteiger partial charge in [0.05, 0.1) is 0 Å². The standard InChI is InChI=1S/C10H17NO/c1-6-4-5-7-8(6)11-9(12)10(7,2)3/h6-8H,4-5H2,1-3H3,(H,11,12)/t6-,7+,8-/m1/s1. The van der Waals surface area contributed by atoms with Gasteiger partial charge >= 0.3 is 0 Å². The van der Waals surface area contributed by atoms with E-state index in [0.29, 0.717) is 17.9 Å². The van der Waals surface area contributed by atoms with E-state index in [4.69, 9.17) is 0 Å². The van der Waals surface area contributed by atoms with Gasteiger partial charge in [0.1, 0.15) is 0 Å². The van der Waals surface area contributed by atoms with Crippen LogP contribution in [0.2, 0.25) is 0 Å². The van der Waals surface area contributed by atoms with E-state index in [1.807, 2.05) is 0 Å². The normalized spacial score (nSPS) is 44.2. The van der Waals surface area contributed by atoms with Crippen LogP contribution in [0.1, 0.15) is 33.6 Å². The third-order valence-corrected chi connectivity index (χ3v) is 3.79. The van der Waals surface area contributed by atoms with E-state index in [2.05, 4.69) is 26.1 Å². The lowest BCUT2D eigenvalue weighted by Gasteiger charge is -2.21. The molecule has 0 aromatic carbocycles. The minimum absolute atomic E-state index is 0.116. The Morgan fingerprint density at radius 3 is 2.67 bits per heavy atom. The van der Waals surface area contributed by atoms with Gasteiger partial charge in [-0.05, 0) is 24.7 Å². The van der Waals surface area contributed by atoms with Crippen LogP contribution in [0, 0.1) is 17.3 Å². The number of amides is 1. The van der Waals surface area contributed by atoms with Gasteiger partial charge in [-0.3, -0.25) is 4.79 Å². The SMILES string of the molecule is C[C@@H]1CC[C@H]2[C@@H]1NC(=O)C2(C)C. The van der Waals surface area contributed by atoms with Crippen molar-refractivity contribution in [2.75, 3.05) is 0 Å². The van der Waals surface area contributed by atoms with Gasteiger partial charge in [-0.1, -0.05) is 20.8 Å². The fourth-order valence-electron chi connectivity index (χ4n) is 2.76. The molecule has 1 saturated carbocycles. The zero-order chi connectivity index (χ0) is 8.93. The molecule has 2 nitrogen and oxygen atoms in total. The molecule has 2 fully saturated rings. The van der Waals surface area contributed by atoms with Gasteiger partial charge in [0.15, 0.2) is 0 Å². The Hall–Kier alpha value is -0.530. The molecule has 0 aromatic heterocycles. The van der Waals surface area contributed by atoms with Crippen molar-refractivity contribution in [2.24, 2.45) is 17.3 Å². The quantitative estimate of drug-likeness (QED) is 0.583. The van der Waals surface area contributed by atoms with E-state index >= 15 is 0 Å². The fourth-order valence-corrected chi connectivity index (χ4v) is 2.76. The summed E-state index contributed by atoms with van der Waals surface area (Å²) in [6.07, 6.45) is 2.50. The predicted molar refractivity (Wildman–Crippen MR) is 47.6 cm³/mol. The Morgan fingerprint density at radius 2 is 2.08 bits per heavy atom. The largest absolute Gasteiger partial charge is 0.352 e. The molecule has 2 aliphatic rings. The summed E-state index contributed by atoms with van der Waals surface area (Å²) in [6, 6.07) is 0.465. The topological polar surface area (TPSA) is 29.1 Å². The first-order valence-corrected chi connectivity index (χ1v) is 4.84. The van der Waals surface area contributed by atoms with E-state index in [9.17, 15) is 4.79 Å². The predicted octanol–water partition coefficient (Wildman–Crippen LogP) is 1.56. The highest BCUT2D eigenvalue weighted by molar-refractivity contribution is 5.85. The van der Waals surface area contributed by atoms with Crippen LogP contribution in [-0.4, -0.2) is 11.9 Å². The summed E-state index contributed by atoms with van der Waals surface area (Å²) in [7, 11) is 0. The molecule has 1 heterocycles. The van der Waals surface area contributed by atoms with Gasteiger partial charge < -0.3 is 5.32 Å². The second kappa shape index (κ2) is 2.24. The number of carbonyl (C=O) groups is 1. The molecule has 0 unspecified atom stereocenters. The van der Waals surface area contributed by atoms with Crippen LogP contribution in [0.4, 0.5) is 0 Å². The van der Waals surface area contributed by atoms with E-state index in [1.165, 1.54) is 12.8 Å². The summed E-state index contributed by atoms with van der Waals surface area (Å²) in [5.74, 6) is 1.52. The number of rotatable bonds is 0. The summed E-state index contributed by atoms with van der Waals surface area (Å²) in [4.78, 5) is 11.5. The lowest BCUT2D eigenvalue weighted by atomic mass is 9.79. The zero-order valence-corrected chi connectivity index (χ0v) is 8.05. The molecule has 0 radical (unpaired) electrons. The molecule has 68 valence electrons. The van der Waals surface area contributed by atoms with Crippen molar-refractivity contribution >= 4 is 5.91 Å². The maximum absolute atomic E-state index is 11.5. The average Bonchev–Trinajstić information content (AvgIpc) is 2.41. The number of fused-ring (bicyclic) bond motifs is 1. The Balaban J connectivity index is 2.27. The minimum atomic E-state index is -0.116. The lowest BCUT2D eigenvalue weighted by molar-refractivity contribution is -0.127. The van der Waals surface area contributed by atoms with Gasteiger partial charge in [-0.25, -0.2) is 0 Å². The molecule has 1 N–H and O–H groups in total. The van der Waals surface area contributed by atoms with E-state index in [0.717, 1.165) is 0 Å². The van der Waals surface area contributed by atoms with Crippen LogP contribution < -0.4 is 5.32 Å². The number of carbonyl (C=O) groups excluding carboxylic acids is 1. The third-order valence-electron chi connectivity index (χ3n) is 3.79. The summed E-state index contributed by atoms with van der Waals surface area (Å²) in [5, 5.41) is 3.12. The van der Waals surface area contributed by atoms with Crippen molar-refractivity contribution in [3.05, 3.63) is 0 Å². The Kier molecular flexibility index (Phi) is 1.51. The summed E-state index contributed by atoms with van der Waals surface area (Å²) < 4.78 is 0. The molecule has 0 bridgehead atoms. The van der Waals surface area contributed by atoms with Crippen molar-refractivity contribution < 1.29 is 4.79 Å². The number of hydrogen-bond donors (Lipinski definition) is 1. The number of nitrogens with one attached hydrogen (secondary N) is 1. The van der Waals surface area contributed by atoms with Crippen LogP contribution in [0.3, 0.4) is 0 Å². The van der Waals surface area contributed by atoms with Gasteiger partial charge in [-0.15, -0.1) is 0 Å². The van der Waals surface area contributed by atoms with Crippen molar-refractivity contribution in [1.82, 2.24) is 5.32 Å². The van der Waals surface area contributed by atoms with Crippen LogP contribution in [0.5, 0.6) is 0 Å². The van der Waals surface area contributed by atoms with Crippen LogP contribution >= 0.6 is 0 Å². The van der Waals surface area contributed by atoms with Crippen molar-refractivity contribution in [2.45, 2.75) is 39.7 Å². The minimum Gasteiger partial charge on any atom is -0.352 e. The van der Waals surface area contributed by atoms with Gasteiger partial charge in [0.25, 0.3) is 0 Å². The first-order chi connectivity index (χ1) is 5.53. The fraction of sp³-hybridized carbons (Fsp3) is 0.900. The van der Waals surface area contributed by atoms with E-state index in [-0.39, 0.29) is 11.3 Å². The Labute approximate surface area is 73.7 Å². The lowest BCUT2D eigenvalue weighted by Crippen LogP contribution is -2.31. The zero-order valence-electron chi connectivity index (χ0n) is 8.05. The van der Waals surface area contributed by atoms with Gasteiger partial charge in [-0.2, -0.15) is 0 Å². The Bertz CT molecular complexity index is 222. The molecule has 12 heavy (non-hydrogen) atoms. The molecule has 1 aliphatic carbocycles. The van der Waals surface area contributed by atoms with Gasteiger partial charge in [0.2, 0.25) is 5.91 Å². The summed E-state index contributed by atoms with van der Waals surface area (Å²) >= 11 is 0. The first kappa shape index (κ1) is 8.09. The second-order valence-corrected chi connectivity index (χ2v) is 4.88. The maximum Gasteiger partial charge on any atom is 0.226 e. The molecule has 1 aliphatic heterocycles. The molecule has 2 rings (SSSR count). The summed E-state index contributed by atoms with van der Waals surface area (Å²) in [6.45, 7) is 6.39. The second-order valence-electron chi connectivity index (χ2n) is 4.88. The monoisotopic (exact) mass is 167 g/mol. The molecule has 3 atom stereocenters. The summed E-state index contributed by atoms with van der Waals surface area (Å²) in [5.41, 5.74) is -0.116. The number of hydrogen-bond acceptors (Lipinski definition) is 1.